The molecule has 2 aromatic carbocycles. The number of nitrogens with zero attached hydrogens (tertiary/aromatic N) is 1. The van der Waals surface area contributed by atoms with Crippen LogP contribution in [0.2, 0.25) is 0 Å². The number of fused-ring (bicyclic) bond motifs is 2. The molecule has 3 heteroatoms. The van der Waals surface area contributed by atoms with Crippen molar-refractivity contribution in [2.45, 2.75) is 18.5 Å². The summed E-state index contributed by atoms with van der Waals surface area (Å²) in [7, 11) is 0. The lowest BCUT2D eigenvalue weighted by Gasteiger charge is -2.31. The summed E-state index contributed by atoms with van der Waals surface area (Å²) in [5.41, 5.74) is 2.42. The quantitative estimate of drug-likeness (QED) is 0.882. The van der Waals surface area contributed by atoms with Crippen molar-refractivity contribution in [3.05, 3.63) is 59.7 Å². The van der Waals surface area contributed by atoms with E-state index < -0.39 is 0 Å². The van der Waals surface area contributed by atoms with Gasteiger partial charge in [0, 0.05) is 30.3 Å². The summed E-state index contributed by atoms with van der Waals surface area (Å²) in [6.45, 7) is 2.80. The number of rotatable bonds is 3. The molecule has 2 aromatic rings. The minimum absolute atomic E-state index is 0.173. The van der Waals surface area contributed by atoms with E-state index >= 15 is 0 Å². The van der Waals surface area contributed by atoms with Gasteiger partial charge in [-0.1, -0.05) is 42.3 Å². The molecule has 2 heterocycles. The Morgan fingerprint density at radius 2 is 1.74 bits per heavy atom. The number of terminal acetylenes is 1. The third kappa shape index (κ3) is 2.72. The summed E-state index contributed by atoms with van der Waals surface area (Å²) in [5, 5.41) is 3.83. The maximum absolute atomic E-state index is 6.05. The van der Waals surface area contributed by atoms with Crippen LogP contribution in [0.4, 0.5) is 0 Å². The van der Waals surface area contributed by atoms with Gasteiger partial charge < -0.3 is 10.1 Å². The monoisotopic (exact) mass is 304 g/mol. The smallest absolute Gasteiger partial charge is 0.132 e. The van der Waals surface area contributed by atoms with Crippen molar-refractivity contribution in [3.63, 3.8) is 0 Å². The van der Waals surface area contributed by atoms with Crippen LogP contribution in [-0.4, -0.2) is 30.6 Å². The maximum Gasteiger partial charge on any atom is 0.132 e. The Hall–Kier alpha value is -2.28. The topological polar surface area (TPSA) is 24.5 Å². The van der Waals surface area contributed by atoms with Crippen LogP contribution in [-0.2, 0) is 0 Å². The zero-order valence-corrected chi connectivity index (χ0v) is 13.0. The van der Waals surface area contributed by atoms with Crippen molar-refractivity contribution < 1.29 is 4.74 Å². The molecule has 1 fully saturated rings. The van der Waals surface area contributed by atoms with E-state index in [0.717, 1.165) is 37.6 Å². The highest BCUT2D eigenvalue weighted by Gasteiger charge is 2.30. The number of hydrogen-bond acceptors (Lipinski definition) is 3. The van der Waals surface area contributed by atoms with Gasteiger partial charge in [0.2, 0.25) is 0 Å². The first-order valence-corrected chi connectivity index (χ1v) is 8.13. The van der Waals surface area contributed by atoms with Crippen molar-refractivity contribution in [3.8, 4) is 23.8 Å². The van der Waals surface area contributed by atoms with Crippen LogP contribution in [0.25, 0.3) is 0 Å². The Labute approximate surface area is 137 Å². The third-order valence-corrected chi connectivity index (χ3v) is 4.67. The van der Waals surface area contributed by atoms with Gasteiger partial charge in [0.15, 0.2) is 0 Å². The lowest BCUT2D eigenvalue weighted by Crippen LogP contribution is -2.37. The minimum Gasteiger partial charge on any atom is -0.457 e. The van der Waals surface area contributed by atoms with E-state index in [1.165, 1.54) is 11.1 Å². The minimum atomic E-state index is 0.173. The molecule has 0 radical (unpaired) electrons. The first-order valence-electron chi connectivity index (χ1n) is 8.13. The molecule has 1 saturated heterocycles. The van der Waals surface area contributed by atoms with Crippen LogP contribution in [0.3, 0.4) is 0 Å². The fourth-order valence-electron chi connectivity index (χ4n) is 3.57. The van der Waals surface area contributed by atoms with Gasteiger partial charge in [0.1, 0.15) is 11.5 Å². The fraction of sp³-hybridized carbons (Fsp3) is 0.300. The van der Waals surface area contributed by atoms with Crippen molar-refractivity contribution in [1.29, 1.82) is 0 Å². The van der Waals surface area contributed by atoms with E-state index in [2.05, 4.69) is 40.4 Å². The second-order valence-electron chi connectivity index (χ2n) is 6.20. The maximum atomic E-state index is 6.05. The van der Waals surface area contributed by atoms with E-state index in [1.807, 2.05) is 24.3 Å². The normalized spacial score (nSPS) is 20.4. The predicted octanol–water partition coefficient (Wildman–Crippen LogP) is 3.18. The molecule has 23 heavy (non-hydrogen) atoms. The molecule has 0 aromatic heterocycles. The highest BCUT2D eigenvalue weighted by molar-refractivity contribution is 5.52. The molecular weight excluding hydrogens is 284 g/mol. The molecule has 116 valence electrons. The Morgan fingerprint density at radius 1 is 1.09 bits per heavy atom. The average Bonchev–Trinajstić information content (AvgIpc) is 3.02. The summed E-state index contributed by atoms with van der Waals surface area (Å²) in [6.07, 6.45) is 6.56. The highest BCUT2D eigenvalue weighted by atomic mass is 16.5. The van der Waals surface area contributed by atoms with Crippen LogP contribution < -0.4 is 10.1 Å². The van der Waals surface area contributed by atoms with Crippen molar-refractivity contribution in [2.75, 3.05) is 19.6 Å². The van der Waals surface area contributed by atoms with Gasteiger partial charge in [0.05, 0.1) is 12.6 Å². The molecule has 0 spiro atoms. The molecule has 2 aliphatic rings. The number of ether oxygens (including phenoxy) is 1. The summed E-state index contributed by atoms with van der Waals surface area (Å²) in [6, 6.07) is 17.2. The molecule has 0 aliphatic carbocycles. The fourth-order valence-corrected chi connectivity index (χ4v) is 3.57. The van der Waals surface area contributed by atoms with Gasteiger partial charge >= 0.3 is 0 Å². The summed E-state index contributed by atoms with van der Waals surface area (Å²) in [4.78, 5) is 2.33. The standard InChI is InChI=1S/C20H20N2O/c1-2-12-22-13-11-15(14-22)21-20-16-7-3-5-9-18(16)23-19-10-6-4-8-17(19)20/h1,3-10,15,20-21H,11-14H2. The lowest BCUT2D eigenvalue weighted by atomic mass is 9.94. The van der Waals surface area contributed by atoms with Crippen LogP contribution >= 0.6 is 0 Å². The zero-order valence-electron chi connectivity index (χ0n) is 13.0. The Balaban J connectivity index is 1.62. The summed E-state index contributed by atoms with van der Waals surface area (Å²) in [5.74, 6) is 4.64. The van der Waals surface area contributed by atoms with Crippen molar-refractivity contribution in [2.24, 2.45) is 0 Å². The second kappa shape index (κ2) is 6.08. The van der Waals surface area contributed by atoms with Crippen LogP contribution in [0.5, 0.6) is 11.5 Å². The van der Waals surface area contributed by atoms with Gasteiger partial charge in [-0.3, -0.25) is 4.90 Å². The third-order valence-electron chi connectivity index (χ3n) is 4.67. The first-order chi connectivity index (χ1) is 11.3. The van der Waals surface area contributed by atoms with E-state index in [-0.39, 0.29) is 6.04 Å². The molecule has 2 aliphatic heterocycles. The van der Waals surface area contributed by atoms with Gasteiger partial charge in [-0.15, -0.1) is 6.42 Å². The molecule has 0 saturated carbocycles. The predicted molar refractivity (Wildman–Crippen MR) is 91.6 cm³/mol. The molecule has 0 bridgehead atoms. The number of nitrogens with one attached hydrogen (secondary N) is 1. The van der Waals surface area contributed by atoms with Gasteiger partial charge in [-0.05, 0) is 18.6 Å². The van der Waals surface area contributed by atoms with E-state index in [9.17, 15) is 0 Å². The SMILES string of the molecule is C#CCN1CCC(NC2c3ccccc3Oc3ccccc32)C1. The van der Waals surface area contributed by atoms with Crippen LogP contribution in [0, 0.1) is 12.3 Å². The second-order valence-corrected chi connectivity index (χ2v) is 6.20. The first kappa shape index (κ1) is 14.3. The van der Waals surface area contributed by atoms with Crippen molar-refractivity contribution >= 4 is 0 Å². The van der Waals surface area contributed by atoms with Crippen LogP contribution in [0.1, 0.15) is 23.6 Å². The summed E-state index contributed by atoms with van der Waals surface area (Å²) < 4.78 is 6.05. The molecule has 0 amide bonds. The number of hydrogen-bond donors (Lipinski definition) is 1. The van der Waals surface area contributed by atoms with Crippen molar-refractivity contribution in [1.82, 2.24) is 10.2 Å². The molecule has 1 unspecified atom stereocenters. The molecule has 4 rings (SSSR count). The average molecular weight is 304 g/mol. The Kier molecular flexibility index (Phi) is 3.78. The number of para-hydroxylation sites is 2. The zero-order chi connectivity index (χ0) is 15.6. The largest absolute Gasteiger partial charge is 0.457 e. The van der Waals surface area contributed by atoms with Crippen LogP contribution in [0.15, 0.2) is 48.5 Å². The summed E-state index contributed by atoms with van der Waals surface area (Å²) >= 11 is 0. The molecular formula is C20H20N2O. The van der Waals surface area contributed by atoms with Gasteiger partial charge in [0.25, 0.3) is 0 Å². The lowest BCUT2D eigenvalue weighted by molar-refractivity contribution is 0.356. The Bertz CT molecular complexity index is 704. The van der Waals surface area contributed by atoms with E-state index in [0.29, 0.717) is 6.04 Å². The highest BCUT2D eigenvalue weighted by Crippen LogP contribution is 2.42. The molecule has 1 N–H and O–H groups in total. The van der Waals surface area contributed by atoms with E-state index in [4.69, 9.17) is 11.2 Å². The van der Waals surface area contributed by atoms with E-state index in [1.54, 1.807) is 0 Å². The molecule has 3 nitrogen and oxygen atoms in total. The molecule has 1 atom stereocenters. The van der Waals surface area contributed by atoms with Gasteiger partial charge in [-0.2, -0.15) is 0 Å². The van der Waals surface area contributed by atoms with Gasteiger partial charge in [-0.25, -0.2) is 0 Å². The number of benzene rings is 2. The number of likely N-dealkylation sites (tertiary alicyclic amines) is 1. The Morgan fingerprint density at radius 3 is 2.39 bits per heavy atom.